The molecular weight excluding hydrogens is 358 g/mol. The fourth-order valence-corrected chi connectivity index (χ4v) is 3.56. The van der Waals surface area contributed by atoms with Crippen molar-refractivity contribution in [2.45, 2.75) is 10.9 Å². The van der Waals surface area contributed by atoms with Crippen LogP contribution in [0.3, 0.4) is 0 Å². The molecule has 0 atom stereocenters. The molecule has 0 aliphatic carbocycles. The fourth-order valence-electron chi connectivity index (χ4n) is 2.66. The molecule has 0 fully saturated rings. The predicted molar refractivity (Wildman–Crippen MR) is 105 cm³/mol. The zero-order chi connectivity index (χ0) is 18.5. The van der Waals surface area contributed by atoms with Crippen LogP contribution >= 0.6 is 11.8 Å². The quantitative estimate of drug-likeness (QED) is 0.474. The van der Waals surface area contributed by atoms with Crippen LogP contribution < -0.4 is 4.74 Å². The number of nitrogens with zero attached hydrogens (tertiary/aromatic N) is 5. The van der Waals surface area contributed by atoms with Crippen molar-refractivity contribution in [2.75, 3.05) is 7.11 Å². The minimum absolute atomic E-state index is 0.669. The second kappa shape index (κ2) is 8.01. The Morgan fingerprint density at radius 2 is 1.89 bits per heavy atom. The highest BCUT2D eigenvalue weighted by Gasteiger charge is 2.17. The van der Waals surface area contributed by atoms with Crippen LogP contribution in [0.4, 0.5) is 0 Å². The molecule has 2 aromatic carbocycles. The largest absolute Gasteiger partial charge is 0.497 e. The van der Waals surface area contributed by atoms with E-state index in [0.29, 0.717) is 11.5 Å². The van der Waals surface area contributed by atoms with E-state index < -0.39 is 0 Å². The number of thioether (sulfide) groups is 1. The molecule has 6 nitrogen and oxygen atoms in total. The lowest BCUT2D eigenvalue weighted by molar-refractivity contribution is 0.414. The molecule has 0 aliphatic heterocycles. The van der Waals surface area contributed by atoms with Crippen LogP contribution in [0.5, 0.6) is 5.75 Å². The third-order valence-corrected chi connectivity index (χ3v) is 4.94. The van der Waals surface area contributed by atoms with Crippen LogP contribution in [0.15, 0.2) is 78.3 Å². The molecule has 0 unspecified atom stereocenters. The van der Waals surface area contributed by atoms with Crippen molar-refractivity contribution in [1.82, 2.24) is 24.7 Å². The molecule has 0 saturated heterocycles. The second-order valence-electron chi connectivity index (χ2n) is 5.71. The molecule has 4 aromatic rings. The first kappa shape index (κ1) is 17.2. The summed E-state index contributed by atoms with van der Waals surface area (Å²) in [4.78, 5) is 8.53. The van der Waals surface area contributed by atoms with Gasteiger partial charge in [0.2, 0.25) is 0 Å². The standard InChI is InChI=1S/C20H17N5OS/c1-26-17-9-5-6-15(12-17)14-27-20-24-23-19(18-13-21-10-11-22-18)25(20)16-7-3-2-4-8-16/h2-13H,14H2,1H3. The predicted octanol–water partition coefficient (Wildman–Crippen LogP) is 4.03. The summed E-state index contributed by atoms with van der Waals surface area (Å²) in [6.45, 7) is 0. The molecule has 7 heteroatoms. The Morgan fingerprint density at radius 3 is 2.67 bits per heavy atom. The number of hydrogen-bond acceptors (Lipinski definition) is 6. The number of aromatic nitrogens is 5. The molecule has 2 aromatic heterocycles. The Morgan fingerprint density at radius 1 is 1.00 bits per heavy atom. The summed E-state index contributed by atoms with van der Waals surface area (Å²) in [6, 6.07) is 18.0. The first-order valence-electron chi connectivity index (χ1n) is 8.38. The Labute approximate surface area is 161 Å². The van der Waals surface area contributed by atoms with Gasteiger partial charge in [0.15, 0.2) is 11.0 Å². The summed E-state index contributed by atoms with van der Waals surface area (Å²) < 4.78 is 7.31. The number of para-hydroxylation sites is 1. The lowest BCUT2D eigenvalue weighted by Gasteiger charge is -2.10. The third kappa shape index (κ3) is 3.83. The molecule has 134 valence electrons. The van der Waals surface area contributed by atoms with Crippen molar-refractivity contribution in [3.8, 4) is 23.0 Å². The molecule has 0 radical (unpaired) electrons. The highest BCUT2D eigenvalue weighted by atomic mass is 32.2. The van der Waals surface area contributed by atoms with Crippen LogP contribution in [-0.2, 0) is 5.75 Å². The number of hydrogen-bond donors (Lipinski definition) is 0. The first-order chi connectivity index (χ1) is 13.3. The van der Waals surface area contributed by atoms with Gasteiger partial charge in [-0.15, -0.1) is 10.2 Å². The second-order valence-corrected chi connectivity index (χ2v) is 6.65. The van der Waals surface area contributed by atoms with Gasteiger partial charge in [0.05, 0.1) is 13.3 Å². The minimum atomic E-state index is 0.669. The molecule has 0 saturated carbocycles. The van der Waals surface area contributed by atoms with Gasteiger partial charge in [-0.05, 0) is 29.8 Å². The smallest absolute Gasteiger partial charge is 0.196 e. The molecule has 0 spiro atoms. The summed E-state index contributed by atoms with van der Waals surface area (Å²) in [7, 11) is 1.67. The van der Waals surface area contributed by atoms with E-state index in [2.05, 4.69) is 26.2 Å². The van der Waals surface area contributed by atoms with Crippen molar-refractivity contribution in [3.05, 3.63) is 78.8 Å². The van der Waals surface area contributed by atoms with Crippen molar-refractivity contribution in [3.63, 3.8) is 0 Å². The Kier molecular flexibility index (Phi) is 5.11. The molecule has 2 heterocycles. The van der Waals surface area contributed by atoms with E-state index in [9.17, 15) is 0 Å². The van der Waals surface area contributed by atoms with E-state index >= 15 is 0 Å². The summed E-state index contributed by atoms with van der Waals surface area (Å²) in [5, 5.41) is 9.57. The van der Waals surface area contributed by atoms with E-state index in [1.807, 2.05) is 53.1 Å². The topological polar surface area (TPSA) is 65.7 Å². The molecule has 27 heavy (non-hydrogen) atoms. The highest BCUT2D eigenvalue weighted by Crippen LogP contribution is 2.29. The summed E-state index contributed by atoms with van der Waals surface area (Å²) in [5.41, 5.74) is 2.82. The highest BCUT2D eigenvalue weighted by molar-refractivity contribution is 7.98. The van der Waals surface area contributed by atoms with Gasteiger partial charge in [-0.3, -0.25) is 9.55 Å². The van der Waals surface area contributed by atoms with E-state index in [-0.39, 0.29) is 0 Å². The van der Waals surface area contributed by atoms with Crippen LogP contribution in [0.1, 0.15) is 5.56 Å². The summed E-state index contributed by atoms with van der Waals surface area (Å²) in [6.07, 6.45) is 4.99. The average molecular weight is 375 g/mol. The van der Waals surface area contributed by atoms with Gasteiger partial charge in [0, 0.05) is 23.8 Å². The minimum Gasteiger partial charge on any atom is -0.497 e. The van der Waals surface area contributed by atoms with E-state index in [1.54, 1.807) is 37.5 Å². The van der Waals surface area contributed by atoms with Crippen molar-refractivity contribution < 1.29 is 4.74 Å². The van der Waals surface area contributed by atoms with Gasteiger partial charge in [-0.25, -0.2) is 4.98 Å². The number of methoxy groups -OCH3 is 1. The van der Waals surface area contributed by atoms with Gasteiger partial charge in [0.25, 0.3) is 0 Å². The summed E-state index contributed by atoms with van der Waals surface area (Å²) >= 11 is 1.62. The van der Waals surface area contributed by atoms with E-state index in [0.717, 1.165) is 27.9 Å². The van der Waals surface area contributed by atoms with Crippen molar-refractivity contribution in [2.24, 2.45) is 0 Å². The maximum absolute atomic E-state index is 5.30. The fraction of sp³-hybridized carbons (Fsp3) is 0.100. The van der Waals surface area contributed by atoms with Gasteiger partial charge in [-0.2, -0.15) is 0 Å². The number of rotatable bonds is 6. The van der Waals surface area contributed by atoms with Crippen LogP contribution in [0.2, 0.25) is 0 Å². The van der Waals surface area contributed by atoms with Crippen molar-refractivity contribution >= 4 is 11.8 Å². The van der Waals surface area contributed by atoms with Crippen molar-refractivity contribution in [1.29, 1.82) is 0 Å². The zero-order valence-electron chi connectivity index (χ0n) is 14.7. The zero-order valence-corrected chi connectivity index (χ0v) is 15.5. The maximum Gasteiger partial charge on any atom is 0.196 e. The van der Waals surface area contributed by atoms with Gasteiger partial charge in [0.1, 0.15) is 11.4 Å². The summed E-state index contributed by atoms with van der Waals surface area (Å²) in [5.74, 6) is 2.27. The number of ether oxygens (including phenoxy) is 1. The average Bonchev–Trinajstić information content (AvgIpc) is 3.17. The Hall–Kier alpha value is -3.19. The molecule has 0 amide bonds. The Bertz CT molecular complexity index is 1020. The monoisotopic (exact) mass is 375 g/mol. The number of benzene rings is 2. The van der Waals surface area contributed by atoms with E-state index in [1.165, 1.54) is 0 Å². The van der Waals surface area contributed by atoms with E-state index in [4.69, 9.17) is 4.74 Å². The SMILES string of the molecule is COc1cccc(CSc2nnc(-c3cnccn3)n2-c2ccccc2)c1. The van der Waals surface area contributed by atoms with Crippen LogP contribution in [-0.4, -0.2) is 31.8 Å². The lowest BCUT2D eigenvalue weighted by Crippen LogP contribution is -2.00. The lowest BCUT2D eigenvalue weighted by atomic mass is 10.2. The first-order valence-corrected chi connectivity index (χ1v) is 9.36. The van der Waals surface area contributed by atoms with Gasteiger partial charge in [-0.1, -0.05) is 42.1 Å². The molecule has 0 aliphatic rings. The van der Waals surface area contributed by atoms with Crippen LogP contribution in [0, 0.1) is 0 Å². The Balaban J connectivity index is 1.69. The molecule has 0 N–H and O–H groups in total. The molecular formula is C20H17N5OS. The van der Waals surface area contributed by atoms with Crippen LogP contribution in [0.25, 0.3) is 17.2 Å². The molecule has 0 bridgehead atoms. The molecule has 4 rings (SSSR count). The van der Waals surface area contributed by atoms with Gasteiger partial charge >= 0.3 is 0 Å². The third-order valence-electron chi connectivity index (χ3n) is 3.94. The normalized spacial score (nSPS) is 10.7. The van der Waals surface area contributed by atoms with Gasteiger partial charge < -0.3 is 4.74 Å². The maximum atomic E-state index is 5.30.